The molecule has 0 radical (unpaired) electrons. The number of hydrogen-bond donors (Lipinski definition) is 0. The highest BCUT2D eigenvalue weighted by Gasteiger charge is 2.53. The van der Waals surface area contributed by atoms with Gasteiger partial charge in [-0.25, -0.2) is 0 Å². The normalized spacial score (nSPS) is 34.6. The van der Waals surface area contributed by atoms with E-state index in [0.29, 0.717) is 11.6 Å². The summed E-state index contributed by atoms with van der Waals surface area (Å²) in [5.41, 5.74) is -0.482. The first-order valence-electron chi connectivity index (χ1n) is 7.09. The summed E-state index contributed by atoms with van der Waals surface area (Å²) >= 11 is 0. The average molecular weight is 252 g/mol. The molecular formula is C14H25BO3. The van der Waals surface area contributed by atoms with Crippen LogP contribution in [0.3, 0.4) is 0 Å². The van der Waals surface area contributed by atoms with E-state index in [-0.39, 0.29) is 24.2 Å². The Balaban J connectivity index is 1.94. The molecule has 2 rings (SSSR count). The highest BCUT2D eigenvalue weighted by molar-refractivity contribution is 6.47. The van der Waals surface area contributed by atoms with Crippen LogP contribution in [0.2, 0.25) is 5.82 Å². The van der Waals surface area contributed by atoms with Crippen LogP contribution in [0.4, 0.5) is 0 Å². The first-order chi connectivity index (χ1) is 8.23. The standard InChI is InChI=1S/C14H25BO3/c1-10(16)11-6-8-12(9-7-11)15-17-13(2,3)14(4,5)18-15/h11-12H,6-9H2,1-5H3. The van der Waals surface area contributed by atoms with Gasteiger partial charge in [-0.2, -0.15) is 0 Å². The molecule has 0 atom stereocenters. The fourth-order valence-corrected chi connectivity index (χ4v) is 2.88. The maximum atomic E-state index is 11.4. The Morgan fingerprint density at radius 3 is 1.83 bits per heavy atom. The van der Waals surface area contributed by atoms with Crippen molar-refractivity contribution in [3.63, 3.8) is 0 Å². The summed E-state index contributed by atoms with van der Waals surface area (Å²) in [7, 11) is -0.0945. The number of carbonyl (C=O) groups is 1. The molecule has 2 aliphatic rings. The smallest absolute Gasteiger partial charge is 0.403 e. The van der Waals surface area contributed by atoms with Gasteiger partial charge in [0.1, 0.15) is 5.78 Å². The second-order valence-corrected chi connectivity index (χ2v) is 6.85. The number of rotatable bonds is 2. The molecule has 1 saturated carbocycles. The van der Waals surface area contributed by atoms with Crippen LogP contribution in [-0.4, -0.2) is 24.1 Å². The molecule has 0 spiro atoms. The Bertz CT molecular complexity index is 314. The van der Waals surface area contributed by atoms with Gasteiger partial charge in [-0.05, 0) is 53.3 Å². The molecule has 0 aromatic heterocycles. The molecule has 1 heterocycles. The maximum Gasteiger partial charge on any atom is 0.461 e. The topological polar surface area (TPSA) is 35.5 Å². The Hall–Kier alpha value is -0.345. The van der Waals surface area contributed by atoms with Crippen LogP contribution in [0.5, 0.6) is 0 Å². The van der Waals surface area contributed by atoms with Gasteiger partial charge in [-0.1, -0.05) is 12.8 Å². The van der Waals surface area contributed by atoms with Crippen LogP contribution in [-0.2, 0) is 14.1 Å². The van der Waals surface area contributed by atoms with Crippen molar-refractivity contribution in [3.05, 3.63) is 0 Å². The average Bonchev–Trinajstić information content (AvgIpc) is 2.48. The molecule has 0 unspecified atom stereocenters. The molecular weight excluding hydrogens is 227 g/mol. The van der Waals surface area contributed by atoms with Crippen LogP contribution in [0.1, 0.15) is 60.3 Å². The zero-order chi connectivity index (χ0) is 13.6. The molecule has 0 amide bonds. The largest absolute Gasteiger partial charge is 0.461 e. The van der Waals surface area contributed by atoms with Crippen LogP contribution >= 0.6 is 0 Å². The minimum absolute atomic E-state index is 0.0945. The number of hydrogen-bond acceptors (Lipinski definition) is 3. The van der Waals surface area contributed by atoms with E-state index in [2.05, 4.69) is 27.7 Å². The van der Waals surface area contributed by atoms with Gasteiger partial charge in [0.25, 0.3) is 0 Å². The van der Waals surface area contributed by atoms with E-state index in [9.17, 15) is 4.79 Å². The quantitative estimate of drug-likeness (QED) is 0.708. The Kier molecular flexibility index (Phi) is 3.63. The molecule has 0 N–H and O–H groups in total. The summed E-state index contributed by atoms with van der Waals surface area (Å²) in [6.45, 7) is 10.1. The molecule has 2 fully saturated rings. The molecule has 102 valence electrons. The van der Waals surface area contributed by atoms with Gasteiger partial charge in [0.2, 0.25) is 0 Å². The molecule has 4 heteroatoms. The van der Waals surface area contributed by atoms with Crippen LogP contribution in [0.25, 0.3) is 0 Å². The molecule has 1 aliphatic carbocycles. The van der Waals surface area contributed by atoms with Crippen molar-refractivity contribution in [2.45, 2.75) is 77.3 Å². The maximum absolute atomic E-state index is 11.4. The van der Waals surface area contributed by atoms with E-state index in [1.165, 1.54) is 0 Å². The molecule has 1 aliphatic heterocycles. The molecule has 0 aromatic carbocycles. The van der Waals surface area contributed by atoms with Gasteiger partial charge in [0.15, 0.2) is 0 Å². The van der Waals surface area contributed by atoms with Gasteiger partial charge in [-0.15, -0.1) is 0 Å². The second kappa shape index (κ2) is 4.64. The van der Waals surface area contributed by atoms with Crippen molar-refractivity contribution in [2.75, 3.05) is 0 Å². The van der Waals surface area contributed by atoms with Gasteiger partial charge < -0.3 is 9.31 Å². The Labute approximate surface area is 111 Å². The zero-order valence-corrected chi connectivity index (χ0v) is 12.3. The molecule has 3 nitrogen and oxygen atoms in total. The van der Waals surface area contributed by atoms with E-state index < -0.39 is 0 Å². The monoisotopic (exact) mass is 252 g/mol. The van der Waals surface area contributed by atoms with Crippen LogP contribution in [0.15, 0.2) is 0 Å². The first kappa shape index (κ1) is 14.1. The molecule has 18 heavy (non-hydrogen) atoms. The van der Waals surface area contributed by atoms with Crippen molar-refractivity contribution >= 4 is 12.9 Å². The molecule has 1 saturated heterocycles. The number of ketones is 1. The predicted molar refractivity (Wildman–Crippen MR) is 72.5 cm³/mol. The summed E-state index contributed by atoms with van der Waals surface area (Å²) < 4.78 is 12.2. The SMILES string of the molecule is CC(=O)C1CCC(B2OC(C)(C)C(C)(C)O2)CC1. The third-order valence-electron chi connectivity index (χ3n) is 5.00. The van der Waals surface area contributed by atoms with Gasteiger partial charge >= 0.3 is 7.12 Å². The third kappa shape index (κ3) is 2.50. The lowest BCUT2D eigenvalue weighted by Gasteiger charge is -2.32. The van der Waals surface area contributed by atoms with E-state index >= 15 is 0 Å². The van der Waals surface area contributed by atoms with Crippen LogP contribution in [0, 0.1) is 5.92 Å². The van der Waals surface area contributed by atoms with Gasteiger partial charge in [0.05, 0.1) is 11.2 Å². The van der Waals surface area contributed by atoms with Crippen molar-refractivity contribution in [3.8, 4) is 0 Å². The summed E-state index contributed by atoms with van der Waals surface area (Å²) in [4.78, 5) is 11.4. The highest BCUT2D eigenvalue weighted by atomic mass is 16.7. The van der Waals surface area contributed by atoms with E-state index in [0.717, 1.165) is 25.7 Å². The van der Waals surface area contributed by atoms with Crippen molar-refractivity contribution in [1.29, 1.82) is 0 Å². The lowest BCUT2D eigenvalue weighted by molar-refractivity contribution is -0.121. The summed E-state index contributed by atoms with van der Waals surface area (Å²) in [5, 5.41) is 0. The highest BCUT2D eigenvalue weighted by Crippen LogP contribution is 2.44. The van der Waals surface area contributed by atoms with Crippen molar-refractivity contribution < 1.29 is 14.1 Å². The summed E-state index contributed by atoms with van der Waals surface area (Å²) in [6, 6.07) is 0. The van der Waals surface area contributed by atoms with Gasteiger partial charge in [0, 0.05) is 5.92 Å². The minimum atomic E-state index is -0.241. The Morgan fingerprint density at radius 2 is 1.44 bits per heavy atom. The molecule has 0 aromatic rings. The van der Waals surface area contributed by atoms with E-state index in [4.69, 9.17) is 9.31 Å². The van der Waals surface area contributed by atoms with E-state index in [1.807, 2.05) is 0 Å². The first-order valence-corrected chi connectivity index (χ1v) is 7.09. The van der Waals surface area contributed by atoms with Crippen molar-refractivity contribution in [2.24, 2.45) is 5.92 Å². The summed E-state index contributed by atoms with van der Waals surface area (Å²) in [5.74, 6) is 1.05. The van der Waals surface area contributed by atoms with Crippen molar-refractivity contribution in [1.82, 2.24) is 0 Å². The Morgan fingerprint density at radius 1 is 1.00 bits per heavy atom. The lowest BCUT2D eigenvalue weighted by Crippen LogP contribution is -2.41. The second-order valence-electron chi connectivity index (χ2n) is 6.85. The van der Waals surface area contributed by atoms with Crippen LogP contribution < -0.4 is 0 Å². The summed E-state index contributed by atoms with van der Waals surface area (Å²) in [6.07, 6.45) is 4.07. The lowest BCUT2D eigenvalue weighted by atomic mass is 9.62. The predicted octanol–water partition coefficient (Wildman–Crippen LogP) is 3.23. The molecule has 0 bridgehead atoms. The van der Waals surface area contributed by atoms with Gasteiger partial charge in [-0.3, -0.25) is 4.79 Å². The van der Waals surface area contributed by atoms with E-state index in [1.54, 1.807) is 6.92 Å². The fraction of sp³-hybridized carbons (Fsp3) is 0.929. The third-order valence-corrected chi connectivity index (χ3v) is 5.00. The minimum Gasteiger partial charge on any atom is -0.403 e. The zero-order valence-electron chi connectivity index (χ0n) is 12.3. The number of Topliss-reactive ketones (excluding diaryl/α,β-unsaturated/α-hetero) is 1. The number of carbonyl (C=O) groups excluding carboxylic acids is 1. The fourth-order valence-electron chi connectivity index (χ4n) is 2.88.